The number of benzene rings is 1. The molecule has 0 fully saturated rings. The van der Waals surface area contributed by atoms with Crippen LogP contribution in [0.1, 0.15) is 18.2 Å². The average Bonchev–Trinajstić information content (AvgIpc) is 2.79. The third-order valence-electron chi connectivity index (χ3n) is 3.11. The Balaban J connectivity index is 2.19. The molecule has 0 aliphatic carbocycles. The molecule has 1 N–H and O–H groups in total. The molecule has 2 rings (SSSR count). The second-order valence-electron chi connectivity index (χ2n) is 4.47. The van der Waals surface area contributed by atoms with E-state index in [1.165, 1.54) is 6.20 Å². The third-order valence-corrected chi connectivity index (χ3v) is 5.21. The zero-order valence-electron chi connectivity index (χ0n) is 11.6. The lowest BCUT2D eigenvalue weighted by Gasteiger charge is -2.08. The second-order valence-corrected chi connectivity index (χ2v) is 7.05. The van der Waals surface area contributed by atoms with Crippen LogP contribution < -0.4 is 4.72 Å². The maximum Gasteiger partial charge on any atom is 0.244 e. The van der Waals surface area contributed by atoms with Crippen molar-refractivity contribution >= 4 is 33.2 Å². The summed E-state index contributed by atoms with van der Waals surface area (Å²) in [5.74, 6) is 0. The first-order valence-corrected chi connectivity index (χ1v) is 8.55. The molecule has 2 aromatic rings. The molecule has 0 amide bonds. The SMILES string of the molecule is CCn1ncc(S(=O)(=O)NCc2ccc(Cl)cc2Cl)c1C. The minimum absolute atomic E-state index is 0.0923. The molecule has 21 heavy (non-hydrogen) atoms. The smallest absolute Gasteiger partial charge is 0.244 e. The van der Waals surface area contributed by atoms with E-state index < -0.39 is 10.0 Å². The van der Waals surface area contributed by atoms with E-state index in [-0.39, 0.29) is 11.4 Å². The summed E-state index contributed by atoms with van der Waals surface area (Å²) in [4.78, 5) is 0.175. The van der Waals surface area contributed by atoms with E-state index in [0.29, 0.717) is 27.8 Å². The Morgan fingerprint density at radius 2 is 2.05 bits per heavy atom. The largest absolute Gasteiger partial charge is 0.269 e. The van der Waals surface area contributed by atoms with Crippen molar-refractivity contribution in [3.05, 3.63) is 45.7 Å². The number of nitrogens with zero attached hydrogens (tertiary/aromatic N) is 2. The first-order chi connectivity index (χ1) is 9.85. The van der Waals surface area contributed by atoms with Crippen LogP contribution in [0.15, 0.2) is 29.3 Å². The van der Waals surface area contributed by atoms with Gasteiger partial charge < -0.3 is 0 Å². The molecule has 0 spiro atoms. The Kier molecular flexibility index (Phi) is 4.93. The molecule has 0 bridgehead atoms. The van der Waals surface area contributed by atoms with E-state index in [0.717, 1.165) is 0 Å². The van der Waals surface area contributed by atoms with Gasteiger partial charge in [-0.05, 0) is 31.5 Å². The minimum atomic E-state index is -3.63. The predicted octanol–water partition coefficient (Wildman–Crippen LogP) is 3.00. The van der Waals surface area contributed by atoms with Crippen LogP contribution in [0.3, 0.4) is 0 Å². The number of sulfonamides is 1. The topological polar surface area (TPSA) is 64.0 Å². The summed E-state index contributed by atoms with van der Waals surface area (Å²) < 4.78 is 28.8. The number of hydrogen-bond donors (Lipinski definition) is 1. The van der Waals surface area contributed by atoms with Crippen LogP contribution in [0.4, 0.5) is 0 Å². The molecule has 8 heteroatoms. The normalized spacial score (nSPS) is 11.8. The van der Waals surface area contributed by atoms with Crippen LogP contribution in [0.5, 0.6) is 0 Å². The molecule has 0 unspecified atom stereocenters. The number of aromatic nitrogens is 2. The highest BCUT2D eigenvalue weighted by Gasteiger charge is 2.20. The van der Waals surface area contributed by atoms with Crippen molar-refractivity contribution < 1.29 is 8.42 Å². The van der Waals surface area contributed by atoms with Gasteiger partial charge >= 0.3 is 0 Å². The fraction of sp³-hybridized carbons (Fsp3) is 0.308. The van der Waals surface area contributed by atoms with Crippen molar-refractivity contribution in [2.75, 3.05) is 0 Å². The van der Waals surface area contributed by atoms with Gasteiger partial charge in [0.2, 0.25) is 10.0 Å². The van der Waals surface area contributed by atoms with Crippen molar-refractivity contribution in [2.24, 2.45) is 0 Å². The van der Waals surface area contributed by atoms with Crippen molar-refractivity contribution in [3.63, 3.8) is 0 Å². The molecule has 1 heterocycles. The average molecular weight is 348 g/mol. The van der Waals surface area contributed by atoms with E-state index in [1.807, 2.05) is 6.92 Å². The minimum Gasteiger partial charge on any atom is -0.269 e. The van der Waals surface area contributed by atoms with Crippen molar-refractivity contribution in [1.82, 2.24) is 14.5 Å². The number of hydrogen-bond acceptors (Lipinski definition) is 3. The molecule has 0 saturated heterocycles. The Bertz CT molecular complexity index is 757. The number of halogens is 2. The summed E-state index contributed by atoms with van der Waals surface area (Å²) in [6.45, 7) is 4.33. The van der Waals surface area contributed by atoms with Gasteiger partial charge in [-0.2, -0.15) is 5.10 Å². The van der Waals surface area contributed by atoms with Crippen LogP contribution in [0.25, 0.3) is 0 Å². The standard InChI is InChI=1S/C13H15Cl2N3O2S/c1-3-18-9(2)13(8-16-18)21(19,20)17-7-10-4-5-11(14)6-12(10)15/h4-6,8,17H,3,7H2,1-2H3. The van der Waals surface area contributed by atoms with Crippen molar-refractivity contribution in [1.29, 1.82) is 0 Å². The van der Waals surface area contributed by atoms with E-state index in [1.54, 1.807) is 29.8 Å². The van der Waals surface area contributed by atoms with Crippen LogP contribution >= 0.6 is 23.2 Å². The molecule has 0 aliphatic rings. The van der Waals surface area contributed by atoms with E-state index in [4.69, 9.17) is 23.2 Å². The molecule has 114 valence electrons. The fourth-order valence-corrected chi connectivity index (χ4v) is 3.58. The summed E-state index contributed by atoms with van der Waals surface area (Å²) in [6.07, 6.45) is 1.35. The molecule has 0 aliphatic heterocycles. The van der Waals surface area contributed by atoms with E-state index in [9.17, 15) is 8.42 Å². The Morgan fingerprint density at radius 1 is 1.33 bits per heavy atom. The molecule has 0 radical (unpaired) electrons. The number of aryl methyl sites for hydroxylation is 1. The van der Waals surface area contributed by atoms with Crippen LogP contribution in [-0.4, -0.2) is 18.2 Å². The van der Waals surface area contributed by atoms with Gasteiger partial charge in [0, 0.05) is 23.1 Å². The molecule has 0 saturated carbocycles. The molecular formula is C13H15Cl2N3O2S. The molecule has 5 nitrogen and oxygen atoms in total. The Hall–Kier alpha value is -1.08. The van der Waals surface area contributed by atoms with Crippen LogP contribution in [0, 0.1) is 6.92 Å². The lowest BCUT2D eigenvalue weighted by Crippen LogP contribution is -2.24. The summed E-state index contributed by atoms with van der Waals surface area (Å²) in [6, 6.07) is 4.93. The van der Waals surface area contributed by atoms with E-state index >= 15 is 0 Å². The quantitative estimate of drug-likeness (QED) is 0.903. The fourth-order valence-electron chi connectivity index (χ4n) is 1.93. The summed E-state index contributed by atoms with van der Waals surface area (Å²) in [5.41, 5.74) is 1.26. The van der Waals surface area contributed by atoms with Crippen molar-refractivity contribution in [2.45, 2.75) is 31.8 Å². The van der Waals surface area contributed by atoms with Crippen molar-refractivity contribution in [3.8, 4) is 0 Å². The first kappa shape index (κ1) is 16.3. The van der Waals surface area contributed by atoms with Gasteiger partial charge in [0.05, 0.1) is 11.9 Å². The van der Waals surface area contributed by atoms with Gasteiger partial charge in [-0.1, -0.05) is 29.3 Å². The predicted molar refractivity (Wildman–Crippen MR) is 83.1 cm³/mol. The zero-order valence-corrected chi connectivity index (χ0v) is 13.9. The van der Waals surface area contributed by atoms with Crippen LogP contribution in [-0.2, 0) is 23.1 Å². The highest BCUT2D eigenvalue weighted by atomic mass is 35.5. The summed E-state index contributed by atoms with van der Waals surface area (Å²) >= 11 is 11.8. The number of rotatable bonds is 5. The lowest BCUT2D eigenvalue weighted by atomic mass is 10.2. The maximum atomic E-state index is 12.3. The Morgan fingerprint density at radius 3 is 2.62 bits per heavy atom. The van der Waals surface area contributed by atoms with Gasteiger partial charge in [0.1, 0.15) is 4.90 Å². The van der Waals surface area contributed by atoms with Gasteiger partial charge in [0.25, 0.3) is 0 Å². The lowest BCUT2D eigenvalue weighted by molar-refractivity contribution is 0.579. The zero-order chi connectivity index (χ0) is 15.6. The first-order valence-electron chi connectivity index (χ1n) is 6.31. The highest BCUT2D eigenvalue weighted by Crippen LogP contribution is 2.21. The molecule has 1 aromatic heterocycles. The highest BCUT2D eigenvalue weighted by molar-refractivity contribution is 7.89. The number of nitrogens with one attached hydrogen (secondary N) is 1. The van der Waals surface area contributed by atoms with Gasteiger partial charge in [0.15, 0.2) is 0 Å². The summed E-state index contributed by atoms with van der Waals surface area (Å²) in [7, 11) is -3.63. The van der Waals surface area contributed by atoms with Gasteiger partial charge in [-0.15, -0.1) is 0 Å². The van der Waals surface area contributed by atoms with E-state index in [2.05, 4.69) is 9.82 Å². The van der Waals surface area contributed by atoms with Gasteiger partial charge in [-0.3, -0.25) is 4.68 Å². The molecular weight excluding hydrogens is 333 g/mol. The van der Waals surface area contributed by atoms with Crippen LogP contribution in [0.2, 0.25) is 10.0 Å². The monoisotopic (exact) mass is 347 g/mol. The van der Waals surface area contributed by atoms with Gasteiger partial charge in [-0.25, -0.2) is 13.1 Å². The summed E-state index contributed by atoms with van der Waals surface area (Å²) in [5, 5.41) is 4.97. The Labute approximate surface area is 133 Å². The molecule has 0 atom stereocenters. The molecule has 1 aromatic carbocycles. The second kappa shape index (κ2) is 6.36. The maximum absolute atomic E-state index is 12.3. The third kappa shape index (κ3) is 3.58.